The number of carbonyl (C=O) groups is 1. The lowest BCUT2D eigenvalue weighted by molar-refractivity contribution is -0.174. The molecule has 4 heterocycles. The molecule has 0 N–H and O–H groups in total. The van der Waals surface area contributed by atoms with E-state index in [1.807, 2.05) is 20.8 Å². The number of carbonyl (C=O) groups excluding carboxylic acids is 1. The number of aromatic nitrogens is 3. The second kappa shape index (κ2) is 9.84. The summed E-state index contributed by atoms with van der Waals surface area (Å²) < 4.78 is 56.3. The Morgan fingerprint density at radius 3 is 2.47 bits per heavy atom. The normalized spacial score (nSPS) is 21.1. The first-order valence-electron chi connectivity index (χ1n) is 12.0. The number of hydrogen-bond acceptors (Lipinski definition) is 7. The maximum Gasteiger partial charge on any atom is 0.433 e. The number of aryl methyl sites for hydroxylation is 1. The summed E-state index contributed by atoms with van der Waals surface area (Å²) in [5, 5.41) is 0. The molecule has 2 aliphatic rings. The molecule has 1 atom stereocenters. The Kier molecular flexibility index (Phi) is 7.14. The van der Waals surface area contributed by atoms with Gasteiger partial charge in [0.15, 0.2) is 0 Å². The first-order chi connectivity index (χ1) is 16.9. The van der Waals surface area contributed by atoms with E-state index >= 15 is 0 Å². The molecule has 0 bridgehead atoms. The van der Waals surface area contributed by atoms with E-state index in [-0.39, 0.29) is 24.5 Å². The number of hydrogen-bond donors (Lipinski definition) is 0. The molecule has 4 rings (SSSR count). The fourth-order valence-electron chi connectivity index (χ4n) is 4.41. The first kappa shape index (κ1) is 26.1. The molecule has 0 saturated carbocycles. The Morgan fingerprint density at radius 2 is 1.89 bits per heavy atom. The standard InChI is InChI=1S/C25H31F3N4O4/c1-16-29-14-18(21(30-16)17-8-11-32(12-9-17)22(33)36-23(2,3)4)24(10-13-35-24)15-34-20-7-5-6-19(31-20)25(26,27)28/h5-7,14,17H,8-13,15H2,1-4H3. The number of halogens is 3. The minimum absolute atomic E-state index is 0.0164. The molecule has 2 aromatic heterocycles. The maximum absolute atomic E-state index is 13.0. The van der Waals surface area contributed by atoms with Crippen LogP contribution in [0.4, 0.5) is 18.0 Å². The highest BCUT2D eigenvalue weighted by atomic mass is 19.4. The average Bonchev–Trinajstić information content (AvgIpc) is 2.78. The lowest BCUT2D eigenvalue weighted by Crippen LogP contribution is -2.47. The Labute approximate surface area is 208 Å². The van der Waals surface area contributed by atoms with Crippen LogP contribution < -0.4 is 4.74 Å². The minimum Gasteiger partial charge on any atom is -0.474 e. The van der Waals surface area contributed by atoms with Crippen molar-refractivity contribution in [3.63, 3.8) is 0 Å². The van der Waals surface area contributed by atoms with Crippen LogP contribution in [0.5, 0.6) is 5.88 Å². The lowest BCUT2D eigenvalue weighted by atomic mass is 9.81. The summed E-state index contributed by atoms with van der Waals surface area (Å²) >= 11 is 0. The number of ether oxygens (including phenoxy) is 3. The van der Waals surface area contributed by atoms with Crippen molar-refractivity contribution in [3.05, 3.63) is 47.2 Å². The summed E-state index contributed by atoms with van der Waals surface area (Å²) in [5.74, 6) is 0.548. The van der Waals surface area contributed by atoms with Crippen molar-refractivity contribution in [1.29, 1.82) is 0 Å². The number of piperidine rings is 1. The van der Waals surface area contributed by atoms with E-state index in [1.54, 1.807) is 18.0 Å². The monoisotopic (exact) mass is 508 g/mol. The van der Waals surface area contributed by atoms with Crippen LogP contribution in [0.1, 0.15) is 68.7 Å². The van der Waals surface area contributed by atoms with E-state index in [0.717, 1.165) is 17.3 Å². The molecular weight excluding hydrogens is 477 g/mol. The molecule has 0 radical (unpaired) electrons. The Morgan fingerprint density at radius 1 is 1.19 bits per heavy atom. The average molecular weight is 509 g/mol. The summed E-state index contributed by atoms with van der Waals surface area (Å²) in [4.78, 5) is 26.9. The smallest absolute Gasteiger partial charge is 0.433 e. The van der Waals surface area contributed by atoms with Crippen molar-refractivity contribution < 1.29 is 32.2 Å². The van der Waals surface area contributed by atoms with Crippen LogP contribution in [0.15, 0.2) is 24.4 Å². The minimum atomic E-state index is -4.56. The highest BCUT2D eigenvalue weighted by Crippen LogP contribution is 2.42. The van der Waals surface area contributed by atoms with E-state index in [1.165, 1.54) is 12.1 Å². The third-order valence-corrected chi connectivity index (χ3v) is 6.31. The zero-order valence-electron chi connectivity index (χ0n) is 20.9. The second-order valence-corrected chi connectivity index (χ2v) is 10.2. The summed E-state index contributed by atoms with van der Waals surface area (Å²) in [6.45, 7) is 8.84. The van der Waals surface area contributed by atoms with Crippen molar-refractivity contribution in [2.24, 2.45) is 0 Å². The molecule has 196 valence electrons. The third-order valence-electron chi connectivity index (χ3n) is 6.31. The zero-order valence-corrected chi connectivity index (χ0v) is 20.9. The number of amides is 1. The fourth-order valence-corrected chi connectivity index (χ4v) is 4.41. The van der Waals surface area contributed by atoms with E-state index < -0.39 is 23.1 Å². The van der Waals surface area contributed by atoms with Gasteiger partial charge in [0.2, 0.25) is 5.88 Å². The van der Waals surface area contributed by atoms with Gasteiger partial charge < -0.3 is 19.1 Å². The molecule has 36 heavy (non-hydrogen) atoms. The predicted molar refractivity (Wildman–Crippen MR) is 124 cm³/mol. The molecule has 1 unspecified atom stereocenters. The summed E-state index contributed by atoms with van der Waals surface area (Å²) in [5.41, 5.74) is -0.859. The Bertz CT molecular complexity index is 1090. The number of pyridine rings is 1. The number of alkyl halides is 3. The van der Waals surface area contributed by atoms with E-state index in [9.17, 15) is 18.0 Å². The maximum atomic E-state index is 13.0. The van der Waals surface area contributed by atoms with Crippen LogP contribution in [0.25, 0.3) is 0 Å². The van der Waals surface area contributed by atoms with Crippen LogP contribution in [0.2, 0.25) is 0 Å². The first-order valence-corrected chi connectivity index (χ1v) is 12.0. The number of rotatable bonds is 5. The molecule has 0 spiro atoms. The molecule has 0 aromatic carbocycles. The van der Waals surface area contributed by atoms with Crippen molar-refractivity contribution in [3.8, 4) is 5.88 Å². The van der Waals surface area contributed by atoms with Crippen molar-refractivity contribution in [2.75, 3.05) is 26.3 Å². The van der Waals surface area contributed by atoms with Gasteiger partial charge in [-0.05, 0) is 46.6 Å². The van der Waals surface area contributed by atoms with Crippen LogP contribution in [-0.2, 0) is 21.3 Å². The molecule has 1 amide bonds. The van der Waals surface area contributed by atoms with Gasteiger partial charge in [0.05, 0.1) is 12.3 Å². The van der Waals surface area contributed by atoms with Crippen molar-refractivity contribution in [1.82, 2.24) is 19.9 Å². The van der Waals surface area contributed by atoms with Gasteiger partial charge in [-0.15, -0.1) is 0 Å². The number of nitrogens with zero attached hydrogens (tertiary/aromatic N) is 4. The molecule has 2 fully saturated rings. The predicted octanol–water partition coefficient (Wildman–Crippen LogP) is 5.01. The summed E-state index contributed by atoms with van der Waals surface area (Å²) in [7, 11) is 0. The fraction of sp³-hybridized carbons (Fsp3) is 0.600. The lowest BCUT2D eigenvalue weighted by Gasteiger charge is -2.43. The molecule has 11 heteroatoms. The topological polar surface area (TPSA) is 86.7 Å². The molecular formula is C25H31F3N4O4. The quantitative estimate of drug-likeness (QED) is 0.561. The van der Waals surface area contributed by atoms with Crippen LogP contribution in [0.3, 0.4) is 0 Å². The van der Waals surface area contributed by atoms with Gasteiger partial charge in [-0.3, -0.25) is 0 Å². The molecule has 0 aliphatic carbocycles. The molecule has 2 aliphatic heterocycles. The van der Waals surface area contributed by atoms with Gasteiger partial charge in [0.1, 0.15) is 29.3 Å². The zero-order chi connectivity index (χ0) is 26.1. The van der Waals surface area contributed by atoms with Crippen LogP contribution in [0, 0.1) is 6.92 Å². The SMILES string of the molecule is Cc1ncc(C2(COc3cccc(C(F)(F)F)n3)CCO2)c(C2CCN(C(=O)OC(C)(C)C)CC2)n1. The summed E-state index contributed by atoms with van der Waals surface area (Å²) in [6.07, 6.45) is -1.18. The highest BCUT2D eigenvalue weighted by molar-refractivity contribution is 5.68. The van der Waals surface area contributed by atoms with E-state index in [2.05, 4.69) is 9.97 Å². The molecule has 8 nitrogen and oxygen atoms in total. The third kappa shape index (κ3) is 5.88. The van der Waals surface area contributed by atoms with E-state index in [0.29, 0.717) is 44.8 Å². The number of likely N-dealkylation sites (tertiary alicyclic amines) is 1. The van der Waals surface area contributed by atoms with Crippen LogP contribution >= 0.6 is 0 Å². The van der Waals surface area contributed by atoms with Gasteiger partial charge in [-0.2, -0.15) is 13.2 Å². The molecule has 2 saturated heterocycles. The van der Waals surface area contributed by atoms with Crippen LogP contribution in [-0.4, -0.2) is 57.8 Å². The van der Waals surface area contributed by atoms with Crippen molar-refractivity contribution >= 4 is 6.09 Å². The molecule has 2 aromatic rings. The van der Waals surface area contributed by atoms with Gasteiger partial charge in [0, 0.05) is 43.3 Å². The van der Waals surface area contributed by atoms with Crippen molar-refractivity contribution in [2.45, 2.75) is 70.3 Å². The Balaban J connectivity index is 1.50. The highest BCUT2D eigenvalue weighted by Gasteiger charge is 2.45. The van der Waals surface area contributed by atoms with Gasteiger partial charge in [-0.1, -0.05) is 6.07 Å². The summed E-state index contributed by atoms with van der Waals surface area (Å²) in [6, 6.07) is 3.55. The second-order valence-electron chi connectivity index (χ2n) is 10.2. The van der Waals surface area contributed by atoms with E-state index in [4.69, 9.17) is 19.2 Å². The van der Waals surface area contributed by atoms with Gasteiger partial charge >= 0.3 is 12.3 Å². The largest absolute Gasteiger partial charge is 0.474 e. The Hall–Kier alpha value is -2.95. The van der Waals surface area contributed by atoms with Gasteiger partial charge in [-0.25, -0.2) is 19.7 Å². The van der Waals surface area contributed by atoms with Gasteiger partial charge in [0.25, 0.3) is 0 Å².